The molecule has 0 fully saturated rings. The Hall–Kier alpha value is -2.41. The lowest BCUT2D eigenvalue weighted by Gasteiger charge is -2.10. The molecule has 0 spiro atoms. The van der Waals surface area contributed by atoms with Gasteiger partial charge in [0.05, 0.1) is 12.2 Å². The van der Waals surface area contributed by atoms with Gasteiger partial charge >= 0.3 is 0 Å². The highest BCUT2D eigenvalue weighted by Crippen LogP contribution is 2.22. The normalized spacial score (nSPS) is 10.7. The molecule has 0 radical (unpaired) electrons. The number of nitrogens with zero attached hydrogens (tertiary/aromatic N) is 4. The maximum absolute atomic E-state index is 5.88. The number of rotatable bonds is 4. The van der Waals surface area contributed by atoms with Crippen LogP contribution in [-0.4, -0.2) is 20.2 Å². The fraction of sp³-hybridized carbons (Fsp3) is 0.154. The molecule has 2 heterocycles. The van der Waals surface area contributed by atoms with Gasteiger partial charge in [-0.1, -0.05) is 6.07 Å². The number of nitrogens with two attached hydrogens (primary N) is 1. The maximum atomic E-state index is 5.88. The molecule has 20 heavy (non-hydrogen) atoms. The highest BCUT2D eigenvalue weighted by atomic mass is 32.1. The minimum Gasteiger partial charge on any atom is -0.398 e. The first-order chi connectivity index (χ1) is 9.74. The van der Waals surface area contributed by atoms with E-state index in [1.807, 2.05) is 36.6 Å². The molecule has 2 aromatic heterocycles. The first-order valence-corrected chi connectivity index (χ1v) is 7.02. The van der Waals surface area contributed by atoms with Crippen LogP contribution in [-0.2, 0) is 6.54 Å². The van der Waals surface area contributed by atoms with Crippen LogP contribution in [0.2, 0.25) is 0 Å². The Kier molecular flexibility index (Phi) is 3.34. The van der Waals surface area contributed by atoms with E-state index in [4.69, 9.17) is 5.73 Å². The Morgan fingerprint density at radius 3 is 2.95 bits per heavy atom. The zero-order valence-corrected chi connectivity index (χ0v) is 11.8. The summed E-state index contributed by atoms with van der Waals surface area (Å²) in [5.74, 6) is 0. The molecule has 6 nitrogen and oxygen atoms in total. The Balaban J connectivity index is 1.81. The van der Waals surface area contributed by atoms with Crippen molar-refractivity contribution in [2.75, 3.05) is 11.1 Å². The number of anilines is 2. The Morgan fingerprint density at radius 1 is 1.35 bits per heavy atom. The predicted octanol–water partition coefficient (Wildman–Crippen LogP) is 2.23. The molecule has 0 atom stereocenters. The van der Waals surface area contributed by atoms with Crippen LogP contribution in [0.3, 0.4) is 0 Å². The van der Waals surface area contributed by atoms with Gasteiger partial charge in [0.15, 0.2) is 0 Å². The smallest absolute Gasteiger partial charge is 0.143 e. The molecule has 0 aliphatic carbocycles. The predicted molar refractivity (Wildman–Crippen MR) is 79.9 cm³/mol. The molecule has 0 bridgehead atoms. The summed E-state index contributed by atoms with van der Waals surface area (Å²) in [5, 5.41) is 16.6. The fourth-order valence-corrected chi connectivity index (χ4v) is 2.65. The number of hydrogen-bond donors (Lipinski definition) is 2. The van der Waals surface area contributed by atoms with Crippen molar-refractivity contribution in [3.63, 3.8) is 0 Å². The lowest BCUT2D eigenvalue weighted by molar-refractivity contribution is 0.785. The maximum Gasteiger partial charge on any atom is 0.143 e. The Morgan fingerprint density at radius 2 is 2.25 bits per heavy atom. The van der Waals surface area contributed by atoms with Crippen molar-refractivity contribution in [3.05, 3.63) is 46.4 Å². The number of thiophene rings is 1. The molecule has 0 unspecified atom stereocenters. The molecule has 0 saturated carbocycles. The van der Waals surface area contributed by atoms with Gasteiger partial charge in [0.1, 0.15) is 6.33 Å². The van der Waals surface area contributed by atoms with Crippen molar-refractivity contribution in [3.8, 4) is 5.69 Å². The molecule has 0 aliphatic rings. The molecule has 3 N–H and O–H groups in total. The molecule has 1 aromatic carbocycles. The number of nitrogen functional groups attached to an aromatic ring is 1. The summed E-state index contributed by atoms with van der Waals surface area (Å²) >= 11 is 1.65. The minimum atomic E-state index is 0.710. The van der Waals surface area contributed by atoms with Crippen molar-refractivity contribution < 1.29 is 0 Å². The number of benzene rings is 1. The van der Waals surface area contributed by atoms with Gasteiger partial charge < -0.3 is 11.1 Å². The lowest BCUT2D eigenvalue weighted by Crippen LogP contribution is -2.03. The van der Waals surface area contributed by atoms with Crippen LogP contribution in [0.4, 0.5) is 11.4 Å². The average molecular weight is 286 g/mol. The number of aromatic nitrogens is 4. The summed E-state index contributed by atoms with van der Waals surface area (Å²) in [6, 6.07) is 8.02. The van der Waals surface area contributed by atoms with Crippen LogP contribution in [0, 0.1) is 6.92 Å². The summed E-state index contributed by atoms with van der Waals surface area (Å²) in [6.45, 7) is 2.74. The first kappa shape index (κ1) is 12.6. The first-order valence-electron chi connectivity index (χ1n) is 6.14. The zero-order valence-electron chi connectivity index (χ0n) is 10.9. The van der Waals surface area contributed by atoms with E-state index in [0.717, 1.165) is 27.5 Å². The molecule has 7 heteroatoms. The third-order valence-corrected chi connectivity index (χ3v) is 3.97. The van der Waals surface area contributed by atoms with Gasteiger partial charge in [0, 0.05) is 16.3 Å². The third-order valence-electron chi connectivity index (χ3n) is 3.04. The van der Waals surface area contributed by atoms with E-state index < -0.39 is 0 Å². The lowest BCUT2D eigenvalue weighted by atomic mass is 10.2. The third kappa shape index (κ3) is 2.48. The van der Waals surface area contributed by atoms with Gasteiger partial charge in [-0.25, -0.2) is 4.68 Å². The van der Waals surface area contributed by atoms with Crippen molar-refractivity contribution in [2.24, 2.45) is 0 Å². The highest BCUT2D eigenvalue weighted by Gasteiger charge is 2.05. The van der Waals surface area contributed by atoms with E-state index in [9.17, 15) is 0 Å². The second-order valence-corrected chi connectivity index (χ2v) is 5.41. The van der Waals surface area contributed by atoms with Crippen molar-refractivity contribution >= 4 is 22.7 Å². The quantitative estimate of drug-likeness (QED) is 0.768. The van der Waals surface area contributed by atoms with Crippen LogP contribution in [0.5, 0.6) is 0 Å². The van der Waals surface area contributed by atoms with Crippen LogP contribution >= 0.6 is 11.3 Å². The van der Waals surface area contributed by atoms with Crippen LogP contribution in [0.15, 0.2) is 36.0 Å². The standard InChI is InChI=1S/C13H14N6S/c1-9-2-3-10(6-12(9)19-8-16-17-18-19)15-7-13-11(14)4-5-20-13/h2-6,8,15H,7,14H2,1H3. The van der Waals surface area contributed by atoms with E-state index in [1.165, 1.54) is 0 Å². The van der Waals surface area contributed by atoms with Crippen molar-refractivity contribution in [1.82, 2.24) is 20.2 Å². The number of tetrazole rings is 1. The Labute approximate surface area is 120 Å². The second kappa shape index (κ2) is 5.30. The van der Waals surface area contributed by atoms with E-state index >= 15 is 0 Å². The SMILES string of the molecule is Cc1ccc(NCc2sccc2N)cc1-n1cnnn1. The minimum absolute atomic E-state index is 0.710. The summed E-state index contributed by atoms with van der Waals surface area (Å²) in [7, 11) is 0. The van der Waals surface area contributed by atoms with Gasteiger partial charge in [-0.2, -0.15) is 0 Å². The van der Waals surface area contributed by atoms with Gasteiger partial charge in [0.25, 0.3) is 0 Å². The summed E-state index contributed by atoms with van der Waals surface area (Å²) < 4.78 is 1.65. The fourth-order valence-electron chi connectivity index (χ4n) is 1.91. The molecule has 3 aromatic rings. The molecule has 0 saturated heterocycles. The molecular weight excluding hydrogens is 272 g/mol. The van der Waals surface area contributed by atoms with Gasteiger partial charge in [-0.15, -0.1) is 16.4 Å². The van der Waals surface area contributed by atoms with E-state index in [1.54, 1.807) is 22.3 Å². The van der Waals surface area contributed by atoms with Crippen LogP contribution in [0.1, 0.15) is 10.4 Å². The van der Waals surface area contributed by atoms with Crippen LogP contribution < -0.4 is 11.1 Å². The summed E-state index contributed by atoms with van der Waals surface area (Å²) in [4.78, 5) is 1.13. The largest absolute Gasteiger partial charge is 0.398 e. The number of aryl methyl sites for hydroxylation is 1. The van der Waals surface area contributed by atoms with Gasteiger partial charge in [0.2, 0.25) is 0 Å². The van der Waals surface area contributed by atoms with Crippen molar-refractivity contribution in [1.29, 1.82) is 0 Å². The Bertz CT molecular complexity index is 703. The molecular formula is C13H14N6S. The molecule has 0 amide bonds. The number of hydrogen-bond acceptors (Lipinski definition) is 6. The van der Waals surface area contributed by atoms with Crippen molar-refractivity contribution in [2.45, 2.75) is 13.5 Å². The molecule has 0 aliphatic heterocycles. The summed E-state index contributed by atoms with van der Waals surface area (Å²) in [6.07, 6.45) is 1.59. The van der Waals surface area contributed by atoms with E-state index in [-0.39, 0.29) is 0 Å². The molecule has 102 valence electrons. The second-order valence-electron chi connectivity index (χ2n) is 4.41. The zero-order chi connectivity index (χ0) is 13.9. The van der Waals surface area contributed by atoms with E-state index in [2.05, 4.69) is 20.8 Å². The van der Waals surface area contributed by atoms with Gasteiger partial charge in [-0.3, -0.25) is 0 Å². The monoisotopic (exact) mass is 286 g/mol. The molecule has 3 rings (SSSR count). The highest BCUT2D eigenvalue weighted by molar-refractivity contribution is 7.10. The van der Waals surface area contributed by atoms with Gasteiger partial charge in [-0.05, 0) is 46.5 Å². The average Bonchev–Trinajstić information content (AvgIpc) is 3.09. The van der Waals surface area contributed by atoms with E-state index in [0.29, 0.717) is 6.54 Å². The van der Waals surface area contributed by atoms with Crippen LogP contribution in [0.25, 0.3) is 5.69 Å². The number of nitrogens with one attached hydrogen (secondary N) is 1. The summed E-state index contributed by atoms with van der Waals surface area (Å²) in [5.41, 5.74) is 9.78. The topological polar surface area (TPSA) is 81.6 Å².